The number of carboxylic acid groups (broad SMARTS) is 1. The molecule has 1 aromatic rings. The second-order valence-electron chi connectivity index (χ2n) is 3.67. The molecular weight excluding hydrogens is 222 g/mol. The van der Waals surface area contributed by atoms with Crippen molar-refractivity contribution in [3.05, 3.63) is 23.3 Å². The quantitative estimate of drug-likeness (QED) is 0.735. The minimum Gasteiger partial charge on any atom is -0.481 e. The van der Waals surface area contributed by atoms with E-state index in [0.29, 0.717) is 30.0 Å². The third-order valence-electron chi connectivity index (χ3n) is 2.20. The van der Waals surface area contributed by atoms with Gasteiger partial charge in [0.05, 0.1) is 11.3 Å². The van der Waals surface area contributed by atoms with E-state index in [9.17, 15) is 9.59 Å². The SMILES string of the molecule is Cc1ncc(C(=O)NCCCC(=O)O)c(C)n1. The number of carboxylic acids is 1. The number of aromatic nitrogens is 2. The zero-order chi connectivity index (χ0) is 12.8. The monoisotopic (exact) mass is 237 g/mol. The van der Waals surface area contributed by atoms with Gasteiger partial charge in [0.25, 0.3) is 5.91 Å². The van der Waals surface area contributed by atoms with Gasteiger partial charge in [-0.2, -0.15) is 0 Å². The van der Waals surface area contributed by atoms with E-state index in [4.69, 9.17) is 5.11 Å². The number of carbonyl (C=O) groups excluding carboxylic acids is 1. The van der Waals surface area contributed by atoms with Gasteiger partial charge >= 0.3 is 5.97 Å². The second-order valence-corrected chi connectivity index (χ2v) is 3.67. The lowest BCUT2D eigenvalue weighted by atomic mass is 10.2. The van der Waals surface area contributed by atoms with E-state index < -0.39 is 5.97 Å². The molecule has 0 aliphatic heterocycles. The Balaban J connectivity index is 2.50. The molecule has 1 amide bonds. The molecule has 0 aromatic carbocycles. The van der Waals surface area contributed by atoms with Crippen LogP contribution in [0, 0.1) is 13.8 Å². The van der Waals surface area contributed by atoms with E-state index >= 15 is 0 Å². The number of nitrogens with one attached hydrogen (secondary N) is 1. The van der Waals surface area contributed by atoms with Crippen LogP contribution in [-0.2, 0) is 4.79 Å². The van der Waals surface area contributed by atoms with Crippen LogP contribution in [0.25, 0.3) is 0 Å². The average molecular weight is 237 g/mol. The average Bonchev–Trinajstić information content (AvgIpc) is 2.23. The largest absolute Gasteiger partial charge is 0.481 e. The summed E-state index contributed by atoms with van der Waals surface area (Å²) in [6.45, 7) is 3.82. The van der Waals surface area contributed by atoms with Crippen LogP contribution in [-0.4, -0.2) is 33.5 Å². The fourth-order valence-electron chi connectivity index (χ4n) is 1.34. The molecule has 0 saturated carbocycles. The molecule has 1 aromatic heterocycles. The van der Waals surface area contributed by atoms with Gasteiger partial charge in [-0.1, -0.05) is 0 Å². The summed E-state index contributed by atoms with van der Waals surface area (Å²) in [7, 11) is 0. The van der Waals surface area contributed by atoms with Gasteiger partial charge < -0.3 is 10.4 Å². The van der Waals surface area contributed by atoms with Crippen molar-refractivity contribution in [1.82, 2.24) is 15.3 Å². The zero-order valence-electron chi connectivity index (χ0n) is 9.86. The van der Waals surface area contributed by atoms with Gasteiger partial charge in [0, 0.05) is 19.2 Å². The number of aryl methyl sites for hydroxylation is 2. The number of nitrogens with zero attached hydrogens (tertiary/aromatic N) is 2. The van der Waals surface area contributed by atoms with E-state index in [2.05, 4.69) is 15.3 Å². The maximum atomic E-state index is 11.7. The Morgan fingerprint density at radius 2 is 2.12 bits per heavy atom. The normalized spacial score (nSPS) is 10.0. The van der Waals surface area contributed by atoms with Crippen molar-refractivity contribution in [2.45, 2.75) is 26.7 Å². The van der Waals surface area contributed by atoms with E-state index in [-0.39, 0.29) is 12.3 Å². The lowest BCUT2D eigenvalue weighted by Crippen LogP contribution is -2.26. The predicted molar refractivity (Wildman–Crippen MR) is 60.7 cm³/mol. The molecule has 0 atom stereocenters. The van der Waals surface area contributed by atoms with Crippen LogP contribution in [0.4, 0.5) is 0 Å². The van der Waals surface area contributed by atoms with Crippen LogP contribution in [0.15, 0.2) is 6.20 Å². The minimum absolute atomic E-state index is 0.0453. The van der Waals surface area contributed by atoms with Crippen LogP contribution in [0.5, 0.6) is 0 Å². The number of carbonyl (C=O) groups is 2. The first-order valence-corrected chi connectivity index (χ1v) is 5.31. The van der Waals surface area contributed by atoms with Gasteiger partial charge in [0.2, 0.25) is 0 Å². The van der Waals surface area contributed by atoms with Crippen molar-refractivity contribution in [2.75, 3.05) is 6.54 Å². The number of rotatable bonds is 5. The zero-order valence-corrected chi connectivity index (χ0v) is 9.86. The highest BCUT2D eigenvalue weighted by Gasteiger charge is 2.10. The second kappa shape index (κ2) is 5.93. The molecule has 0 aliphatic rings. The highest BCUT2D eigenvalue weighted by molar-refractivity contribution is 5.94. The molecule has 0 unspecified atom stereocenters. The Morgan fingerprint density at radius 3 is 2.71 bits per heavy atom. The molecule has 2 N–H and O–H groups in total. The first kappa shape index (κ1) is 13.1. The van der Waals surface area contributed by atoms with E-state index in [1.807, 2.05) is 0 Å². The van der Waals surface area contributed by atoms with Crippen molar-refractivity contribution in [3.8, 4) is 0 Å². The lowest BCUT2D eigenvalue weighted by molar-refractivity contribution is -0.137. The summed E-state index contributed by atoms with van der Waals surface area (Å²) in [5, 5.41) is 11.1. The Labute approximate surface area is 99.1 Å². The Hall–Kier alpha value is -1.98. The van der Waals surface area contributed by atoms with Crippen LogP contribution < -0.4 is 5.32 Å². The van der Waals surface area contributed by atoms with Crippen LogP contribution >= 0.6 is 0 Å². The molecule has 0 aliphatic carbocycles. The third kappa shape index (κ3) is 4.18. The molecule has 17 heavy (non-hydrogen) atoms. The van der Waals surface area contributed by atoms with E-state index in [1.54, 1.807) is 13.8 Å². The van der Waals surface area contributed by atoms with E-state index in [1.165, 1.54) is 6.20 Å². The van der Waals surface area contributed by atoms with Gasteiger partial charge in [0.1, 0.15) is 5.82 Å². The number of hydrogen-bond acceptors (Lipinski definition) is 4. The fraction of sp³-hybridized carbons (Fsp3) is 0.455. The van der Waals surface area contributed by atoms with Crippen molar-refractivity contribution in [2.24, 2.45) is 0 Å². The van der Waals surface area contributed by atoms with Crippen molar-refractivity contribution in [3.63, 3.8) is 0 Å². The number of amides is 1. The number of aliphatic carboxylic acids is 1. The minimum atomic E-state index is -0.867. The molecule has 6 nitrogen and oxygen atoms in total. The highest BCUT2D eigenvalue weighted by atomic mass is 16.4. The number of hydrogen-bond donors (Lipinski definition) is 2. The molecule has 1 rings (SSSR count). The first-order valence-electron chi connectivity index (χ1n) is 5.31. The summed E-state index contributed by atoms with van der Waals surface area (Å²) in [4.78, 5) is 30.0. The van der Waals surface area contributed by atoms with Crippen LogP contribution in [0.1, 0.15) is 34.7 Å². The maximum absolute atomic E-state index is 11.7. The fourth-order valence-corrected chi connectivity index (χ4v) is 1.34. The standard InChI is InChI=1S/C11H15N3O3/c1-7-9(6-13-8(2)14-7)11(17)12-5-3-4-10(15)16/h6H,3-5H2,1-2H3,(H,12,17)(H,15,16). The van der Waals surface area contributed by atoms with Gasteiger partial charge in [-0.25, -0.2) is 9.97 Å². The third-order valence-corrected chi connectivity index (χ3v) is 2.20. The molecule has 6 heteroatoms. The molecular formula is C11H15N3O3. The van der Waals surface area contributed by atoms with Crippen LogP contribution in [0.3, 0.4) is 0 Å². The summed E-state index contributed by atoms with van der Waals surface area (Å²) in [6, 6.07) is 0. The highest BCUT2D eigenvalue weighted by Crippen LogP contribution is 2.03. The summed E-state index contributed by atoms with van der Waals surface area (Å²) >= 11 is 0. The molecule has 0 saturated heterocycles. The molecule has 0 fully saturated rings. The van der Waals surface area contributed by atoms with E-state index in [0.717, 1.165) is 0 Å². The summed E-state index contributed by atoms with van der Waals surface area (Å²) in [5.74, 6) is -0.521. The lowest BCUT2D eigenvalue weighted by Gasteiger charge is -2.06. The smallest absolute Gasteiger partial charge is 0.303 e. The van der Waals surface area contributed by atoms with Crippen molar-refractivity contribution < 1.29 is 14.7 Å². The predicted octanol–water partition coefficient (Wildman–Crippen LogP) is 0.688. The Kier molecular flexibility index (Phi) is 4.56. The first-order chi connectivity index (χ1) is 8.00. The van der Waals surface area contributed by atoms with Gasteiger partial charge in [-0.3, -0.25) is 9.59 Å². The summed E-state index contributed by atoms with van der Waals surface area (Å²) in [5.41, 5.74) is 1.04. The van der Waals surface area contributed by atoms with Crippen molar-refractivity contribution >= 4 is 11.9 Å². The topological polar surface area (TPSA) is 92.2 Å². The Bertz CT molecular complexity index is 432. The van der Waals surface area contributed by atoms with Crippen molar-refractivity contribution in [1.29, 1.82) is 0 Å². The maximum Gasteiger partial charge on any atom is 0.303 e. The molecule has 0 bridgehead atoms. The Morgan fingerprint density at radius 1 is 1.41 bits per heavy atom. The van der Waals surface area contributed by atoms with Gasteiger partial charge in [-0.05, 0) is 20.3 Å². The van der Waals surface area contributed by atoms with Crippen LogP contribution in [0.2, 0.25) is 0 Å². The molecule has 0 spiro atoms. The molecule has 0 radical (unpaired) electrons. The van der Waals surface area contributed by atoms with Gasteiger partial charge in [-0.15, -0.1) is 0 Å². The molecule has 1 heterocycles. The molecule has 92 valence electrons. The summed E-state index contributed by atoms with van der Waals surface area (Å²) < 4.78 is 0. The summed E-state index contributed by atoms with van der Waals surface area (Å²) in [6.07, 6.45) is 1.93. The van der Waals surface area contributed by atoms with Gasteiger partial charge in [0.15, 0.2) is 0 Å².